The molecule has 1 aromatic rings. The highest BCUT2D eigenvalue weighted by Crippen LogP contribution is 2.22. The Hall–Kier alpha value is -1.55. The van der Waals surface area contributed by atoms with Crippen LogP contribution in [0.3, 0.4) is 0 Å². The predicted octanol–water partition coefficient (Wildman–Crippen LogP) is 2.61. The van der Waals surface area contributed by atoms with Crippen LogP contribution in [0.5, 0.6) is 5.75 Å². The van der Waals surface area contributed by atoms with Crippen molar-refractivity contribution >= 4 is 5.97 Å². The molecule has 0 saturated carbocycles. The van der Waals surface area contributed by atoms with Gasteiger partial charge in [0.15, 0.2) is 0 Å². The number of hydrogen-bond donors (Lipinski definition) is 1. The monoisotopic (exact) mass is 279 g/mol. The molecule has 20 heavy (non-hydrogen) atoms. The quantitative estimate of drug-likeness (QED) is 0.813. The van der Waals surface area contributed by atoms with E-state index in [0.717, 1.165) is 11.3 Å². The van der Waals surface area contributed by atoms with E-state index in [-0.39, 0.29) is 18.6 Å². The maximum absolute atomic E-state index is 12.0. The number of carbonyl (C=O) groups excluding carboxylic acids is 1. The summed E-state index contributed by atoms with van der Waals surface area (Å²) in [5.41, 5.74) is 1.39. The van der Waals surface area contributed by atoms with Crippen LogP contribution < -0.4 is 10.1 Å². The van der Waals surface area contributed by atoms with Crippen molar-refractivity contribution in [1.29, 1.82) is 0 Å². The van der Waals surface area contributed by atoms with Crippen LogP contribution in [0.4, 0.5) is 0 Å². The van der Waals surface area contributed by atoms with Crippen molar-refractivity contribution in [2.75, 3.05) is 13.7 Å². The first-order chi connectivity index (χ1) is 9.30. The molecule has 0 fully saturated rings. The van der Waals surface area contributed by atoms with Crippen LogP contribution in [0, 0.1) is 13.8 Å². The molecule has 0 spiro atoms. The summed E-state index contributed by atoms with van der Waals surface area (Å²) >= 11 is 0. The van der Waals surface area contributed by atoms with Crippen molar-refractivity contribution in [3.8, 4) is 5.75 Å². The van der Waals surface area contributed by atoms with E-state index in [1.165, 1.54) is 12.7 Å². The molecule has 4 heteroatoms. The average molecular weight is 279 g/mol. The summed E-state index contributed by atoms with van der Waals surface area (Å²) < 4.78 is 10.7. The maximum Gasteiger partial charge on any atom is 0.329 e. The normalized spacial score (nSPS) is 13.9. The molecule has 1 rings (SSSR count). The van der Waals surface area contributed by atoms with Gasteiger partial charge in [-0.1, -0.05) is 12.1 Å². The Morgan fingerprint density at radius 1 is 1.35 bits per heavy atom. The summed E-state index contributed by atoms with van der Waals surface area (Å²) in [5, 5.41) is 3.21. The van der Waals surface area contributed by atoms with Crippen LogP contribution in [0.2, 0.25) is 0 Å². The second kappa shape index (κ2) is 6.75. The van der Waals surface area contributed by atoms with Gasteiger partial charge in [0.1, 0.15) is 17.9 Å². The summed E-state index contributed by atoms with van der Waals surface area (Å²) in [6.07, 6.45) is 0. The van der Waals surface area contributed by atoms with Crippen LogP contribution >= 0.6 is 0 Å². The first kappa shape index (κ1) is 16.5. The van der Waals surface area contributed by atoms with Gasteiger partial charge in [-0.25, -0.2) is 4.79 Å². The van der Waals surface area contributed by atoms with Gasteiger partial charge in [-0.3, -0.25) is 5.32 Å². The molecule has 0 aromatic heterocycles. The highest BCUT2D eigenvalue weighted by atomic mass is 16.5. The number of esters is 1. The minimum absolute atomic E-state index is 0.154. The Balaban J connectivity index is 2.86. The first-order valence-corrected chi connectivity index (χ1v) is 6.85. The molecule has 0 amide bonds. The van der Waals surface area contributed by atoms with Crippen molar-refractivity contribution in [3.05, 3.63) is 29.3 Å². The fourth-order valence-corrected chi connectivity index (χ4v) is 2.12. The van der Waals surface area contributed by atoms with Gasteiger partial charge in [0.25, 0.3) is 0 Å². The summed E-state index contributed by atoms with van der Waals surface area (Å²) in [4.78, 5) is 12.0. The van der Waals surface area contributed by atoms with E-state index >= 15 is 0 Å². The zero-order chi connectivity index (χ0) is 15.3. The van der Waals surface area contributed by atoms with Crippen molar-refractivity contribution < 1.29 is 14.3 Å². The number of methoxy groups -OCH3 is 1. The maximum atomic E-state index is 12.0. The van der Waals surface area contributed by atoms with Gasteiger partial charge in [0.2, 0.25) is 0 Å². The summed E-state index contributed by atoms with van der Waals surface area (Å²) in [6, 6.07) is 6.05. The molecule has 0 heterocycles. The molecule has 1 unspecified atom stereocenters. The molecular formula is C16H25NO3. The molecule has 0 aliphatic carbocycles. The third kappa shape index (κ3) is 3.97. The van der Waals surface area contributed by atoms with E-state index in [1.807, 2.05) is 45.9 Å². The van der Waals surface area contributed by atoms with E-state index in [2.05, 4.69) is 5.32 Å². The zero-order valence-corrected chi connectivity index (χ0v) is 13.2. The number of carbonyl (C=O) groups is 1. The van der Waals surface area contributed by atoms with Gasteiger partial charge >= 0.3 is 5.97 Å². The SMILES string of the molecule is COC(=O)C(C)(COc1cccc(C)c1C)NC(C)C. The molecule has 0 radical (unpaired) electrons. The number of nitrogens with one attached hydrogen (secondary N) is 1. The highest BCUT2D eigenvalue weighted by Gasteiger charge is 2.36. The van der Waals surface area contributed by atoms with Crippen LogP contribution in [-0.2, 0) is 9.53 Å². The minimum atomic E-state index is -0.862. The molecule has 0 saturated heterocycles. The third-order valence-corrected chi connectivity index (χ3v) is 3.31. The van der Waals surface area contributed by atoms with Crippen molar-refractivity contribution in [1.82, 2.24) is 5.32 Å². The Morgan fingerprint density at radius 2 is 2.00 bits per heavy atom. The molecule has 0 bridgehead atoms. The lowest BCUT2D eigenvalue weighted by molar-refractivity contribution is -0.149. The minimum Gasteiger partial charge on any atom is -0.491 e. The summed E-state index contributed by atoms with van der Waals surface area (Å²) in [5.74, 6) is 0.474. The van der Waals surface area contributed by atoms with Crippen molar-refractivity contribution in [2.24, 2.45) is 0 Å². The van der Waals surface area contributed by atoms with Crippen molar-refractivity contribution in [2.45, 2.75) is 46.2 Å². The smallest absolute Gasteiger partial charge is 0.329 e. The predicted molar refractivity (Wildman–Crippen MR) is 80.1 cm³/mol. The Labute approximate surface area is 121 Å². The summed E-state index contributed by atoms with van der Waals surface area (Å²) in [7, 11) is 1.39. The van der Waals surface area contributed by atoms with Gasteiger partial charge in [-0.15, -0.1) is 0 Å². The molecule has 1 atom stereocenters. The number of ether oxygens (including phenoxy) is 2. The van der Waals surface area contributed by atoms with Gasteiger partial charge in [0.05, 0.1) is 7.11 Å². The molecule has 0 aliphatic rings. The van der Waals surface area contributed by atoms with Gasteiger partial charge in [-0.2, -0.15) is 0 Å². The number of benzene rings is 1. The van der Waals surface area contributed by atoms with E-state index < -0.39 is 5.54 Å². The second-order valence-corrected chi connectivity index (χ2v) is 5.61. The molecule has 1 aromatic carbocycles. The third-order valence-electron chi connectivity index (χ3n) is 3.31. The van der Waals surface area contributed by atoms with E-state index in [4.69, 9.17) is 9.47 Å². The van der Waals surface area contributed by atoms with Crippen LogP contribution in [0.15, 0.2) is 18.2 Å². The van der Waals surface area contributed by atoms with E-state index in [9.17, 15) is 4.79 Å². The lowest BCUT2D eigenvalue weighted by Gasteiger charge is -2.30. The topological polar surface area (TPSA) is 47.6 Å². The van der Waals surface area contributed by atoms with Crippen molar-refractivity contribution in [3.63, 3.8) is 0 Å². The van der Waals surface area contributed by atoms with E-state index in [1.54, 1.807) is 6.92 Å². The number of rotatable bonds is 6. The van der Waals surface area contributed by atoms with Crippen LogP contribution in [-0.4, -0.2) is 31.3 Å². The molecule has 0 aliphatic heterocycles. The van der Waals surface area contributed by atoms with Gasteiger partial charge in [0, 0.05) is 6.04 Å². The zero-order valence-electron chi connectivity index (χ0n) is 13.2. The lowest BCUT2D eigenvalue weighted by Crippen LogP contribution is -2.56. The van der Waals surface area contributed by atoms with Crippen LogP contribution in [0.1, 0.15) is 31.9 Å². The number of hydrogen-bond acceptors (Lipinski definition) is 4. The first-order valence-electron chi connectivity index (χ1n) is 6.85. The lowest BCUT2D eigenvalue weighted by atomic mass is 10.0. The fourth-order valence-electron chi connectivity index (χ4n) is 2.12. The van der Waals surface area contributed by atoms with Gasteiger partial charge in [-0.05, 0) is 51.8 Å². The standard InChI is InChI=1S/C16H25NO3/c1-11(2)17-16(5,15(18)19-6)10-20-14-9-7-8-12(3)13(14)4/h7-9,11,17H,10H2,1-6H3. The average Bonchev–Trinajstić information content (AvgIpc) is 2.38. The summed E-state index contributed by atoms with van der Waals surface area (Å²) in [6.45, 7) is 10.0. The Kier molecular flexibility index (Phi) is 5.57. The largest absolute Gasteiger partial charge is 0.491 e. The number of aryl methyl sites for hydroxylation is 1. The Morgan fingerprint density at radius 3 is 2.55 bits per heavy atom. The van der Waals surface area contributed by atoms with Gasteiger partial charge < -0.3 is 9.47 Å². The fraction of sp³-hybridized carbons (Fsp3) is 0.562. The second-order valence-electron chi connectivity index (χ2n) is 5.61. The molecule has 112 valence electrons. The molecule has 1 N–H and O–H groups in total. The molecular weight excluding hydrogens is 254 g/mol. The Bertz CT molecular complexity index is 471. The van der Waals surface area contributed by atoms with E-state index in [0.29, 0.717) is 0 Å². The highest BCUT2D eigenvalue weighted by molar-refractivity contribution is 5.80. The van der Waals surface area contributed by atoms with Crippen LogP contribution in [0.25, 0.3) is 0 Å². The molecule has 4 nitrogen and oxygen atoms in total.